The Morgan fingerprint density at radius 2 is 2.00 bits per heavy atom. The third kappa shape index (κ3) is 2.38. The monoisotopic (exact) mass is 309 g/mol. The topological polar surface area (TPSA) is 70.3 Å². The Hall–Kier alpha value is -1.82. The summed E-state index contributed by atoms with van der Waals surface area (Å²) in [5.74, 6) is 2.24. The molecule has 2 N–H and O–H groups in total. The van der Waals surface area contributed by atoms with Gasteiger partial charge in [-0.1, -0.05) is 0 Å². The molecule has 1 aromatic heterocycles. The van der Waals surface area contributed by atoms with Crippen molar-refractivity contribution < 1.29 is 9.47 Å². The fraction of sp³-hybridized carbons (Fsp3) is 0.167. The van der Waals surface area contributed by atoms with Crippen molar-refractivity contribution in [3.05, 3.63) is 28.9 Å². The highest BCUT2D eigenvalue weighted by atomic mass is 79.9. The van der Waals surface area contributed by atoms with Crippen LogP contribution in [0.3, 0.4) is 0 Å². The van der Waals surface area contributed by atoms with E-state index in [0.29, 0.717) is 27.6 Å². The maximum Gasteiger partial charge on any atom is 0.165 e. The van der Waals surface area contributed by atoms with Gasteiger partial charge in [0.15, 0.2) is 5.82 Å². The number of nitrogens with two attached hydrogens (primary N) is 1. The molecule has 1 heterocycles. The van der Waals surface area contributed by atoms with E-state index in [2.05, 4.69) is 25.9 Å². The third-order valence-electron chi connectivity index (χ3n) is 2.42. The summed E-state index contributed by atoms with van der Waals surface area (Å²) in [5, 5.41) is 0. The molecule has 0 unspecified atom stereocenters. The van der Waals surface area contributed by atoms with Crippen LogP contribution >= 0.6 is 15.9 Å². The largest absolute Gasteiger partial charge is 0.497 e. The molecule has 0 fully saturated rings. The zero-order valence-corrected chi connectivity index (χ0v) is 11.6. The summed E-state index contributed by atoms with van der Waals surface area (Å²) in [4.78, 5) is 8.43. The second-order valence-corrected chi connectivity index (χ2v) is 4.35. The maximum absolute atomic E-state index is 5.75. The zero-order valence-electron chi connectivity index (χ0n) is 9.98. The lowest BCUT2D eigenvalue weighted by molar-refractivity contribution is 0.404. The fourth-order valence-electron chi connectivity index (χ4n) is 1.50. The predicted molar refractivity (Wildman–Crippen MR) is 72.7 cm³/mol. The highest BCUT2D eigenvalue weighted by molar-refractivity contribution is 9.10. The zero-order chi connectivity index (χ0) is 13.1. The molecule has 0 aliphatic heterocycles. The van der Waals surface area contributed by atoms with Gasteiger partial charge in [-0.2, -0.15) is 0 Å². The lowest BCUT2D eigenvalue weighted by Gasteiger charge is -2.09. The van der Waals surface area contributed by atoms with Crippen LogP contribution in [0.4, 0.5) is 5.82 Å². The van der Waals surface area contributed by atoms with Crippen molar-refractivity contribution in [1.82, 2.24) is 9.97 Å². The molecule has 0 aliphatic rings. The Labute approximate surface area is 113 Å². The van der Waals surface area contributed by atoms with E-state index >= 15 is 0 Å². The van der Waals surface area contributed by atoms with Gasteiger partial charge in [-0.25, -0.2) is 9.97 Å². The molecular formula is C12H12BrN3O2. The molecule has 0 bridgehead atoms. The summed E-state index contributed by atoms with van der Waals surface area (Å²) in [5.41, 5.74) is 6.48. The molecule has 2 aromatic rings. The Balaban J connectivity index is 2.57. The summed E-state index contributed by atoms with van der Waals surface area (Å²) in [6.07, 6.45) is 1.61. The third-order valence-corrected chi connectivity index (χ3v) is 3.03. The van der Waals surface area contributed by atoms with E-state index < -0.39 is 0 Å². The number of rotatable bonds is 3. The van der Waals surface area contributed by atoms with Crippen molar-refractivity contribution >= 4 is 21.7 Å². The molecule has 0 spiro atoms. The Bertz CT molecular complexity index is 575. The van der Waals surface area contributed by atoms with E-state index in [1.54, 1.807) is 26.5 Å². The van der Waals surface area contributed by atoms with Gasteiger partial charge in [0.2, 0.25) is 0 Å². The summed E-state index contributed by atoms with van der Waals surface area (Å²) < 4.78 is 11.1. The molecule has 0 saturated heterocycles. The molecule has 0 atom stereocenters. The van der Waals surface area contributed by atoms with Gasteiger partial charge in [-0.05, 0) is 34.1 Å². The number of ether oxygens (including phenoxy) is 2. The molecule has 5 nitrogen and oxygen atoms in total. The van der Waals surface area contributed by atoms with Crippen LogP contribution in [0.1, 0.15) is 0 Å². The second-order valence-electron chi connectivity index (χ2n) is 3.49. The van der Waals surface area contributed by atoms with Crippen molar-refractivity contribution in [2.24, 2.45) is 0 Å². The molecule has 0 saturated carbocycles. The van der Waals surface area contributed by atoms with E-state index in [4.69, 9.17) is 15.2 Å². The lowest BCUT2D eigenvalue weighted by Crippen LogP contribution is -1.98. The maximum atomic E-state index is 5.75. The summed E-state index contributed by atoms with van der Waals surface area (Å²) in [6.45, 7) is 0. The summed E-state index contributed by atoms with van der Waals surface area (Å²) in [6, 6.07) is 5.42. The van der Waals surface area contributed by atoms with Crippen molar-refractivity contribution in [3.8, 4) is 22.9 Å². The van der Waals surface area contributed by atoms with E-state index in [1.807, 2.05) is 12.1 Å². The smallest absolute Gasteiger partial charge is 0.165 e. The number of methoxy groups -OCH3 is 2. The van der Waals surface area contributed by atoms with Crippen LogP contribution in [0.15, 0.2) is 28.9 Å². The number of halogens is 1. The molecular weight excluding hydrogens is 298 g/mol. The van der Waals surface area contributed by atoms with E-state index in [1.165, 1.54) is 0 Å². The highest BCUT2D eigenvalue weighted by Crippen LogP contribution is 2.32. The average Bonchev–Trinajstić information content (AvgIpc) is 2.41. The van der Waals surface area contributed by atoms with Crippen LogP contribution in [0.25, 0.3) is 11.4 Å². The standard InChI is InChI=1S/C12H12BrN3O2/c1-17-7-3-4-10(18-2)8(5-7)12-15-6-9(13)11(14)16-12/h3-6H,1-2H3,(H2,14,15,16). The van der Waals surface area contributed by atoms with E-state index in [-0.39, 0.29) is 0 Å². The van der Waals surface area contributed by atoms with Crippen molar-refractivity contribution in [1.29, 1.82) is 0 Å². The van der Waals surface area contributed by atoms with E-state index in [0.717, 1.165) is 5.56 Å². The van der Waals surface area contributed by atoms with Gasteiger partial charge < -0.3 is 15.2 Å². The molecule has 94 valence electrons. The van der Waals surface area contributed by atoms with E-state index in [9.17, 15) is 0 Å². The molecule has 6 heteroatoms. The molecule has 18 heavy (non-hydrogen) atoms. The molecule has 2 rings (SSSR count). The Morgan fingerprint density at radius 3 is 2.61 bits per heavy atom. The van der Waals surface area contributed by atoms with Gasteiger partial charge in [0, 0.05) is 6.20 Å². The molecule has 0 aliphatic carbocycles. The first-order chi connectivity index (χ1) is 8.65. The molecule has 0 amide bonds. The number of anilines is 1. The first-order valence-corrected chi connectivity index (χ1v) is 5.95. The minimum atomic E-state index is 0.380. The van der Waals surface area contributed by atoms with Gasteiger partial charge >= 0.3 is 0 Å². The minimum Gasteiger partial charge on any atom is -0.497 e. The van der Waals surface area contributed by atoms with Crippen LogP contribution in [-0.2, 0) is 0 Å². The Kier molecular flexibility index (Phi) is 3.66. The van der Waals surface area contributed by atoms with Gasteiger partial charge in [-0.15, -0.1) is 0 Å². The second kappa shape index (κ2) is 5.22. The SMILES string of the molecule is COc1ccc(OC)c(-c2ncc(Br)c(N)n2)c1. The fourth-order valence-corrected chi connectivity index (χ4v) is 1.69. The minimum absolute atomic E-state index is 0.380. The van der Waals surface area contributed by atoms with Crippen LogP contribution in [0, 0.1) is 0 Å². The normalized spacial score (nSPS) is 10.2. The molecule has 1 aromatic carbocycles. The van der Waals surface area contributed by atoms with Gasteiger partial charge in [0.1, 0.15) is 17.3 Å². The Morgan fingerprint density at radius 1 is 1.22 bits per heavy atom. The first-order valence-electron chi connectivity index (χ1n) is 5.16. The summed E-state index contributed by atoms with van der Waals surface area (Å²) >= 11 is 3.26. The van der Waals surface area contributed by atoms with Crippen LogP contribution in [0.5, 0.6) is 11.5 Å². The highest BCUT2D eigenvalue weighted by Gasteiger charge is 2.11. The number of aromatic nitrogens is 2. The van der Waals surface area contributed by atoms with Crippen LogP contribution in [-0.4, -0.2) is 24.2 Å². The number of nitrogen functional groups attached to an aromatic ring is 1. The average molecular weight is 310 g/mol. The summed E-state index contributed by atoms with van der Waals surface area (Å²) in [7, 11) is 3.19. The number of hydrogen-bond donors (Lipinski definition) is 1. The number of benzene rings is 1. The number of hydrogen-bond acceptors (Lipinski definition) is 5. The van der Waals surface area contributed by atoms with Crippen molar-refractivity contribution in [2.45, 2.75) is 0 Å². The van der Waals surface area contributed by atoms with Crippen LogP contribution in [0.2, 0.25) is 0 Å². The predicted octanol–water partition coefficient (Wildman–Crippen LogP) is 2.51. The van der Waals surface area contributed by atoms with Crippen LogP contribution < -0.4 is 15.2 Å². The van der Waals surface area contributed by atoms with Gasteiger partial charge in [0.05, 0.1) is 24.3 Å². The van der Waals surface area contributed by atoms with Crippen molar-refractivity contribution in [2.75, 3.05) is 20.0 Å². The van der Waals surface area contributed by atoms with Gasteiger partial charge in [-0.3, -0.25) is 0 Å². The number of nitrogens with zero attached hydrogens (tertiary/aromatic N) is 2. The van der Waals surface area contributed by atoms with Gasteiger partial charge in [0.25, 0.3) is 0 Å². The lowest BCUT2D eigenvalue weighted by atomic mass is 10.1. The first kappa shape index (κ1) is 12.6. The quantitative estimate of drug-likeness (QED) is 0.943. The molecule has 0 radical (unpaired) electrons. The van der Waals surface area contributed by atoms with Crippen molar-refractivity contribution in [3.63, 3.8) is 0 Å².